The van der Waals surface area contributed by atoms with Gasteiger partial charge in [0.05, 0.1) is 5.56 Å². The lowest BCUT2D eigenvalue weighted by Gasteiger charge is -2.32. The van der Waals surface area contributed by atoms with Gasteiger partial charge in [0.2, 0.25) is 5.91 Å². The van der Waals surface area contributed by atoms with E-state index in [1.807, 2.05) is 36.1 Å². The van der Waals surface area contributed by atoms with Gasteiger partial charge in [-0.1, -0.05) is 17.7 Å². The average molecular weight is 490 g/mol. The highest BCUT2D eigenvalue weighted by Gasteiger charge is 2.34. The lowest BCUT2D eigenvalue weighted by atomic mass is 9.96. The molecule has 33 heavy (non-hydrogen) atoms. The molecule has 178 valence electrons. The van der Waals surface area contributed by atoms with Crippen LogP contribution in [0.1, 0.15) is 48.0 Å². The van der Waals surface area contributed by atoms with Crippen LogP contribution < -0.4 is 4.90 Å². The van der Waals surface area contributed by atoms with Gasteiger partial charge in [-0.15, -0.1) is 11.3 Å². The summed E-state index contributed by atoms with van der Waals surface area (Å²) < 4.78 is 28.0. The molecule has 0 spiro atoms. The van der Waals surface area contributed by atoms with E-state index < -0.39 is 10.0 Å². The Bertz CT molecular complexity index is 1100. The van der Waals surface area contributed by atoms with Crippen LogP contribution in [-0.4, -0.2) is 62.7 Å². The molecule has 3 heterocycles. The maximum absolute atomic E-state index is 13.2. The summed E-state index contributed by atoms with van der Waals surface area (Å²) >= 11 is 1.10. The van der Waals surface area contributed by atoms with E-state index in [4.69, 9.17) is 0 Å². The van der Waals surface area contributed by atoms with E-state index in [1.54, 1.807) is 17.3 Å². The van der Waals surface area contributed by atoms with Crippen LogP contribution in [0.5, 0.6) is 0 Å². The van der Waals surface area contributed by atoms with Crippen molar-refractivity contribution in [3.05, 3.63) is 46.8 Å². The molecular weight excluding hydrogens is 458 g/mol. The summed E-state index contributed by atoms with van der Waals surface area (Å²) in [5.74, 6) is -0.278. The van der Waals surface area contributed by atoms with Crippen LogP contribution in [0.15, 0.2) is 39.9 Å². The van der Waals surface area contributed by atoms with Crippen molar-refractivity contribution < 1.29 is 18.0 Å². The molecule has 0 unspecified atom stereocenters. The number of amides is 2. The molecule has 9 heteroatoms. The maximum atomic E-state index is 13.2. The van der Waals surface area contributed by atoms with Gasteiger partial charge in [-0.05, 0) is 57.2 Å². The number of piperidine rings is 2. The van der Waals surface area contributed by atoms with E-state index in [2.05, 4.69) is 0 Å². The molecule has 0 aliphatic carbocycles. The number of hydrogen-bond donors (Lipinski definition) is 0. The summed E-state index contributed by atoms with van der Waals surface area (Å²) in [5, 5.41) is 1.65. The van der Waals surface area contributed by atoms with Crippen LogP contribution in [0.3, 0.4) is 0 Å². The zero-order valence-electron chi connectivity index (χ0n) is 19.2. The molecule has 7 nitrogen and oxygen atoms in total. The SMILES string of the molecule is Cc1ccc(N(C)C(=O)C2CCN(S(=O)(=O)c3cc(C(=O)N4CCCCC4)cs3)CC2)cc1. The number of carbonyl (C=O) groups is 2. The normalized spacial score (nSPS) is 18.3. The van der Waals surface area contributed by atoms with Crippen molar-refractivity contribution in [1.82, 2.24) is 9.21 Å². The second kappa shape index (κ2) is 9.95. The highest BCUT2D eigenvalue weighted by molar-refractivity contribution is 7.91. The van der Waals surface area contributed by atoms with Crippen molar-refractivity contribution in [3.8, 4) is 0 Å². The zero-order chi connectivity index (χ0) is 23.6. The lowest BCUT2D eigenvalue weighted by molar-refractivity contribution is -0.123. The Labute approximate surface area is 200 Å². The Morgan fingerprint density at radius 3 is 2.27 bits per heavy atom. The Morgan fingerprint density at radius 2 is 1.64 bits per heavy atom. The highest BCUT2D eigenvalue weighted by Crippen LogP contribution is 2.30. The first-order valence-electron chi connectivity index (χ1n) is 11.5. The van der Waals surface area contributed by atoms with Gasteiger partial charge in [-0.3, -0.25) is 9.59 Å². The first kappa shape index (κ1) is 23.9. The summed E-state index contributed by atoms with van der Waals surface area (Å²) in [6, 6.07) is 9.30. The number of aryl methyl sites for hydroxylation is 1. The van der Waals surface area contributed by atoms with E-state index in [0.29, 0.717) is 31.5 Å². The second-order valence-electron chi connectivity index (χ2n) is 8.92. The van der Waals surface area contributed by atoms with E-state index in [1.165, 1.54) is 10.4 Å². The first-order valence-corrected chi connectivity index (χ1v) is 13.8. The predicted octanol–water partition coefficient (Wildman–Crippen LogP) is 3.75. The maximum Gasteiger partial charge on any atom is 0.254 e. The van der Waals surface area contributed by atoms with Crippen molar-refractivity contribution >= 4 is 38.9 Å². The highest BCUT2D eigenvalue weighted by atomic mass is 32.2. The van der Waals surface area contributed by atoms with Crippen molar-refractivity contribution in [2.75, 3.05) is 38.1 Å². The number of thiophene rings is 1. The number of likely N-dealkylation sites (tertiary alicyclic amines) is 1. The lowest BCUT2D eigenvalue weighted by Crippen LogP contribution is -2.43. The smallest absolute Gasteiger partial charge is 0.254 e. The summed E-state index contributed by atoms with van der Waals surface area (Å²) in [4.78, 5) is 29.1. The van der Waals surface area contributed by atoms with Crippen LogP contribution in [0, 0.1) is 12.8 Å². The molecule has 2 fully saturated rings. The molecular formula is C24H31N3O4S2. The number of hydrogen-bond acceptors (Lipinski definition) is 5. The topological polar surface area (TPSA) is 78.0 Å². The van der Waals surface area contributed by atoms with Gasteiger partial charge in [-0.25, -0.2) is 8.42 Å². The molecule has 1 aromatic heterocycles. The van der Waals surface area contributed by atoms with Crippen molar-refractivity contribution in [1.29, 1.82) is 0 Å². The Balaban J connectivity index is 1.38. The van der Waals surface area contributed by atoms with Crippen LogP contribution in [0.25, 0.3) is 0 Å². The molecule has 0 N–H and O–H groups in total. The van der Waals surface area contributed by atoms with Crippen LogP contribution >= 0.6 is 11.3 Å². The van der Waals surface area contributed by atoms with Gasteiger partial charge >= 0.3 is 0 Å². The van der Waals surface area contributed by atoms with E-state index in [-0.39, 0.29) is 21.9 Å². The Kier molecular flexibility index (Phi) is 7.21. The Morgan fingerprint density at radius 1 is 1.00 bits per heavy atom. The van der Waals surface area contributed by atoms with Gasteiger partial charge < -0.3 is 9.80 Å². The van der Waals surface area contributed by atoms with Gasteiger partial charge in [0.25, 0.3) is 15.9 Å². The van der Waals surface area contributed by atoms with Gasteiger partial charge in [0.15, 0.2) is 0 Å². The number of anilines is 1. The number of carbonyl (C=O) groups excluding carboxylic acids is 2. The Hall–Kier alpha value is -2.23. The third kappa shape index (κ3) is 5.15. The standard InChI is InChI=1S/C24H31N3O4S2/c1-18-6-8-21(9-7-18)25(2)23(28)19-10-14-27(15-11-19)33(30,31)22-16-20(17-32-22)24(29)26-12-4-3-5-13-26/h6-9,16-17,19H,3-5,10-15H2,1-2H3. The van der Waals surface area contributed by atoms with Crippen LogP contribution in [-0.2, 0) is 14.8 Å². The monoisotopic (exact) mass is 489 g/mol. The second-order valence-corrected chi connectivity index (χ2v) is 12.0. The minimum absolute atomic E-state index is 0.0152. The molecule has 2 aliphatic heterocycles. The summed E-state index contributed by atoms with van der Waals surface area (Å²) in [5.41, 5.74) is 2.42. The van der Waals surface area contributed by atoms with Crippen molar-refractivity contribution in [2.45, 2.75) is 43.2 Å². The number of nitrogens with zero attached hydrogens (tertiary/aromatic N) is 3. The molecule has 2 saturated heterocycles. The quantitative estimate of drug-likeness (QED) is 0.641. The van der Waals surface area contributed by atoms with Crippen molar-refractivity contribution in [3.63, 3.8) is 0 Å². The molecule has 0 saturated carbocycles. The molecule has 2 aromatic rings. The van der Waals surface area contributed by atoms with Crippen molar-refractivity contribution in [2.24, 2.45) is 5.92 Å². The number of sulfonamides is 1. The zero-order valence-corrected chi connectivity index (χ0v) is 20.8. The van der Waals surface area contributed by atoms with Gasteiger partial charge in [0, 0.05) is 50.2 Å². The number of rotatable bonds is 5. The van der Waals surface area contributed by atoms with E-state index in [0.717, 1.165) is 54.9 Å². The number of benzene rings is 1. The van der Waals surface area contributed by atoms with E-state index in [9.17, 15) is 18.0 Å². The van der Waals surface area contributed by atoms with Crippen LogP contribution in [0.4, 0.5) is 5.69 Å². The minimum Gasteiger partial charge on any atom is -0.339 e. The third-order valence-corrected chi connectivity index (χ3v) is 9.93. The average Bonchev–Trinajstić information content (AvgIpc) is 3.35. The van der Waals surface area contributed by atoms with Gasteiger partial charge in [-0.2, -0.15) is 4.31 Å². The fourth-order valence-electron chi connectivity index (χ4n) is 4.48. The molecule has 0 bridgehead atoms. The summed E-state index contributed by atoms with van der Waals surface area (Å²) in [6.45, 7) is 4.06. The molecule has 0 atom stereocenters. The molecule has 0 radical (unpaired) electrons. The third-order valence-electron chi connectivity index (χ3n) is 6.61. The molecule has 2 aliphatic rings. The molecule has 1 aromatic carbocycles. The largest absolute Gasteiger partial charge is 0.339 e. The summed E-state index contributed by atoms with van der Waals surface area (Å²) in [6.07, 6.45) is 4.09. The van der Waals surface area contributed by atoms with Gasteiger partial charge in [0.1, 0.15) is 4.21 Å². The fraction of sp³-hybridized carbons (Fsp3) is 0.500. The fourth-order valence-corrected chi connectivity index (χ4v) is 7.26. The summed E-state index contributed by atoms with van der Waals surface area (Å²) in [7, 11) is -1.91. The first-order chi connectivity index (χ1) is 15.8. The predicted molar refractivity (Wildman–Crippen MR) is 130 cm³/mol. The minimum atomic E-state index is -3.68. The molecule has 2 amide bonds. The van der Waals surface area contributed by atoms with E-state index >= 15 is 0 Å². The molecule has 4 rings (SSSR count). The van der Waals surface area contributed by atoms with Crippen LogP contribution in [0.2, 0.25) is 0 Å².